The van der Waals surface area contributed by atoms with Crippen LogP contribution in [0.5, 0.6) is 5.75 Å². The van der Waals surface area contributed by atoms with Gasteiger partial charge in [0.15, 0.2) is 0 Å². The Bertz CT molecular complexity index is 1530. The van der Waals surface area contributed by atoms with Crippen molar-refractivity contribution in [3.8, 4) is 5.75 Å². The number of aliphatic imine (C=N–C) groups is 1. The number of nitrogens with two attached hydrogens (primary N) is 1. The van der Waals surface area contributed by atoms with E-state index in [9.17, 15) is 31.1 Å². The third-order valence-electron chi connectivity index (χ3n) is 8.99. The van der Waals surface area contributed by atoms with Gasteiger partial charge < -0.3 is 15.8 Å². The maximum atomic E-state index is 14.5. The molecule has 0 aliphatic heterocycles. The maximum Gasteiger partial charge on any atom is 0.392 e. The van der Waals surface area contributed by atoms with Gasteiger partial charge in [0.2, 0.25) is 5.91 Å². The van der Waals surface area contributed by atoms with Gasteiger partial charge in [0.1, 0.15) is 11.6 Å². The second-order valence-electron chi connectivity index (χ2n) is 11.6. The van der Waals surface area contributed by atoms with Crippen LogP contribution in [0.1, 0.15) is 39.5 Å². The number of halogens is 6. The standard InChI is InChI=1S/C32H31F6N3O2/c1-30-13-12-19-14-25(40-21-8-6-20(33)7-9-21)18(17-39)16-31(19,2)26(30)11-10-24(32(36,37)38)27(30)28(42)41-22-4-3-5-23(15-22)43-29(34)35/h3-9,11,14-15,17,24,27,29H,10,12-13,16,39H2,1-2H3,(H,41,42)/t24-,27-,30+,31+/m1/s1. The van der Waals surface area contributed by atoms with E-state index < -0.39 is 47.2 Å². The van der Waals surface area contributed by atoms with Crippen molar-refractivity contribution >= 4 is 23.0 Å². The van der Waals surface area contributed by atoms with Gasteiger partial charge in [-0.1, -0.05) is 37.1 Å². The Morgan fingerprint density at radius 2 is 1.88 bits per heavy atom. The minimum absolute atomic E-state index is 0.0547. The molecule has 43 heavy (non-hydrogen) atoms. The number of fused-ring (bicyclic) bond motifs is 3. The predicted octanol–water partition coefficient (Wildman–Crippen LogP) is 8.24. The summed E-state index contributed by atoms with van der Waals surface area (Å²) in [6.45, 7) is 0.557. The highest BCUT2D eigenvalue weighted by Crippen LogP contribution is 2.64. The SMILES string of the molecule is C[C@]12CC(=CN)C(=Nc3ccc(F)cc3)C=C1CC[C@@]1(C)C2=CC[C@@H](C(F)(F)F)[C@@H]1C(=O)Nc1cccc(OC(F)F)c1. The van der Waals surface area contributed by atoms with E-state index in [0.717, 1.165) is 17.2 Å². The summed E-state index contributed by atoms with van der Waals surface area (Å²) in [5.41, 5.74) is 7.67. The van der Waals surface area contributed by atoms with Crippen LogP contribution in [0.2, 0.25) is 0 Å². The smallest absolute Gasteiger partial charge is 0.392 e. The molecule has 0 bridgehead atoms. The molecule has 0 unspecified atom stereocenters. The van der Waals surface area contributed by atoms with Gasteiger partial charge in [-0.3, -0.25) is 4.79 Å². The quantitative estimate of drug-likeness (QED) is 0.267. The van der Waals surface area contributed by atoms with Crippen LogP contribution in [-0.2, 0) is 4.79 Å². The first kappa shape index (κ1) is 30.4. The molecule has 4 atom stereocenters. The molecule has 1 amide bonds. The van der Waals surface area contributed by atoms with Gasteiger partial charge in [0.05, 0.1) is 23.2 Å². The normalized spacial score (nSPS) is 29.0. The number of amides is 1. The van der Waals surface area contributed by atoms with Crippen molar-refractivity contribution in [2.24, 2.45) is 33.4 Å². The summed E-state index contributed by atoms with van der Waals surface area (Å²) in [6, 6.07) is 10.9. The lowest BCUT2D eigenvalue weighted by atomic mass is 9.47. The van der Waals surface area contributed by atoms with Crippen molar-refractivity contribution in [2.75, 3.05) is 5.32 Å². The van der Waals surface area contributed by atoms with E-state index in [0.29, 0.717) is 29.8 Å². The van der Waals surface area contributed by atoms with E-state index in [1.54, 1.807) is 25.1 Å². The zero-order valence-electron chi connectivity index (χ0n) is 23.5. The first-order chi connectivity index (χ1) is 20.2. The molecule has 1 fully saturated rings. The Balaban J connectivity index is 1.52. The number of benzene rings is 2. The molecule has 0 heterocycles. The number of nitrogens with one attached hydrogen (secondary N) is 1. The number of allylic oxidation sites excluding steroid dienone is 5. The predicted molar refractivity (Wildman–Crippen MR) is 151 cm³/mol. The van der Waals surface area contributed by atoms with Gasteiger partial charge in [-0.2, -0.15) is 22.0 Å². The van der Waals surface area contributed by atoms with E-state index in [4.69, 9.17) is 5.73 Å². The minimum Gasteiger partial charge on any atom is -0.435 e. The number of anilines is 1. The van der Waals surface area contributed by atoms with Crippen LogP contribution in [0, 0.1) is 28.5 Å². The number of carbonyl (C=O) groups is 1. The Hall–Kier alpha value is -4.02. The van der Waals surface area contributed by atoms with E-state index in [1.165, 1.54) is 36.5 Å². The largest absolute Gasteiger partial charge is 0.435 e. The molecule has 1 saturated carbocycles. The summed E-state index contributed by atoms with van der Waals surface area (Å²) in [5.74, 6) is -4.89. The Morgan fingerprint density at radius 3 is 2.53 bits per heavy atom. The van der Waals surface area contributed by atoms with E-state index in [2.05, 4.69) is 15.0 Å². The zero-order valence-corrected chi connectivity index (χ0v) is 23.5. The third-order valence-corrected chi connectivity index (χ3v) is 8.99. The Morgan fingerprint density at radius 1 is 1.16 bits per heavy atom. The van der Waals surface area contributed by atoms with Gasteiger partial charge >= 0.3 is 12.8 Å². The summed E-state index contributed by atoms with van der Waals surface area (Å²) in [7, 11) is 0. The molecular weight excluding hydrogens is 572 g/mol. The molecule has 5 nitrogen and oxygen atoms in total. The van der Waals surface area contributed by atoms with Crippen molar-refractivity contribution in [3.05, 3.63) is 89.4 Å². The minimum atomic E-state index is -4.66. The van der Waals surface area contributed by atoms with Crippen LogP contribution >= 0.6 is 0 Å². The van der Waals surface area contributed by atoms with Gasteiger partial charge in [0.25, 0.3) is 0 Å². The summed E-state index contributed by atoms with van der Waals surface area (Å²) >= 11 is 0. The number of ether oxygens (including phenoxy) is 1. The highest BCUT2D eigenvalue weighted by Gasteiger charge is 2.61. The van der Waals surface area contributed by atoms with Crippen molar-refractivity contribution < 1.29 is 35.9 Å². The molecule has 3 N–H and O–H groups in total. The summed E-state index contributed by atoms with van der Waals surface area (Å²) in [6.07, 6.45) is 0.939. The Kier molecular flexibility index (Phi) is 7.96. The van der Waals surface area contributed by atoms with Gasteiger partial charge in [-0.05, 0) is 79.9 Å². The van der Waals surface area contributed by atoms with Crippen LogP contribution < -0.4 is 15.8 Å². The molecule has 0 spiro atoms. The molecule has 2 aromatic rings. The van der Waals surface area contributed by atoms with E-state index in [1.807, 2.05) is 13.0 Å². The van der Waals surface area contributed by atoms with E-state index >= 15 is 0 Å². The van der Waals surface area contributed by atoms with Crippen LogP contribution in [0.25, 0.3) is 0 Å². The highest BCUT2D eigenvalue weighted by molar-refractivity contribution is 6.11. The van der Waals surface area contributed by atoms with Crippen molar-refractivity contribution in [2.45, 2.75) is 52.3 Å². The van der Waals surface area contributed by atoms with Crippen molar-refractivity contribution in [3.63, 3.8) is 0 Å². The van der Waals surface area contributed by atoms with Gasteiger partial charge in [-0.25, -0.2) is 9.38 Å². The number of rotatable bonds is 5. The summed E-state index contributed by atoms with van der Waals surface area (Å²) in [5, 5.41) is 2.55. The first-order valence-corrected chi connectivity index (χ1v) is 13.8. The van der Waals surface area contributed by atoms with E-state index in [-0.39, 0.29) is 24.3 Å². The van der Waals surface area contributed by atoms with Crippen LogP contribution in [-0.4, -0.2) is 24.4 Å². The number of carbonyl (C=O) groups excluding carboxylic acids is 1. The molecule has 0 aromatic heterocycles. The number of alkyl halides is 5. The van der Waals surface area contributed by atoms with Gasteiger partial charge in [-0.15, -0.1) is 0 Å². The van der Waals surface area contributed by atoms with Crippen molar-refractivity contribution in [1.29, 1.82) is 0 Å². The van der Waals surface area contributed by atoms with Crippen LogP contribution in [0.15, 0.2) is 88.6 Å². The lowest BCUT2D eigenvalue weighted by molar-refractivity contribution is -0.202. The number of hydrogen-bond donors (Lipinski definition) is 2. The monoisotopic (exact) mass is 603 g/mol. The average molecular weight is 604 g/mol. The fraction of sp³-hybridized carbons (Fsp3) is 0.375. The lowest BCUT2D eigenvalue weighted by Crippen LogP contribution is -2.54. The number of nitrogens with zero attached hydrogens (tertiary/aromatic N) is 1. The molecular formula is C32H31F6N3O2. The van der Waals surface area contributed by atoms with Crippen LogP contribution in [0.3, 0.4) is 0 Å². The molecule has 0 saturated heterocycles. The molecule has 228 valence electrons. The second kappa shape index (κ2) is 11.2. The summed E-state index contributed by atoms with van der Waals surface area (Å²) < 4.78 is 86.6. The molecule has 0 radical (unpaired) electrons. The van der Waals surface area contributed by atoms with Gasteiger partial charge in [0, 0.05) is 22.6 Å². The fourth-order valence-electron chi connectivity index (χ4n) is 7.05. The van der Waals surface area contributed by atoms with Crippen LogP contribution in [0.4, 0.5) is 37.7 Å². The second-order valence-corrected chi connectivity index (χ2v) is 11.6. The average Bonchev–Trinajstić information content (AvgIpc) is 2.92. The molecule has 11 heteroatoms. The molecule has 5 rings (SSSR count). The molecule has 3 aliphatic rings. The third kappa shape index (κ3) is 5.81. The zero-order chi connectivity index (χ0) is 31.2. The first-order valence-electron chi connectivity index (χ1n) is 13.8. The topological polar surface area (TPSA) is 76.7 Å². The Labute approximate surface area is 245 Å². The summed E-state index contributed by atoms with van der Waals surface area (Å²) in [4.78, 5) is 18.4. The maximum absolute atomic E-state index is 14.5. The highest BCUT2D eigenvalue weighted by atomic mass is 19.4. The van der Waals surface area contributed by atoms with Crippen molar-refractivity contribution in [1.82, 2.24) is 0 Å². The molecule has 3 aliphatic carbocycles. The lowest BCUT2D eigenvalue weighted by Gasteiger charge is -2.57. The molecule has 2 aromatic carbocycles. The fourth-order valence-corrected chi connectivity index (χ4v) is 7.05. The number of hydrogen-bond acceptors (Lipinski definition) is 4.